The minimum atomic E-state index is -3.72. The van der Waals surface area contributed by atoms with Gasteiger partial charge in [0.2, 0.25) is 10.0 Å². The van der Waals surface area contributed by atoms with Crippen molar-refractivity contribution >= 4 is 15.6 Å². The highest BCUT2D eigenvalue weighted by Crippen LogP contribution is 2.37. The zero-order valence-corrected chi connectivity index (χ0v) is 19.8. The van der Waals surface area contributed by atoms with Gasteiger partial charge in [0, 0.05) is 43.3 Å². The molecule has 1 unspecified atom stereocenters. The molecule has 1 atom stereocenters. The number of hydrogen-bond acceptors (Lipinski definition) is 4. The molecule has 1 aliphatic rings. The predicted molar refractivity (Wildman–Crippen MR) is 129 cm³/mol. The summed E-state index contributed by atoms with van der Waals surface area (Å²) in [5.41, 5.74) is 2.29. The smallest absolute Gasteiger partial charge is 0.311 e. The number of sulfonamides is 1. The molecule has 0 radical (unpaired) electrons. The lowest BCUT2D eigenvalue weighted by atomic mass is 9.83. The molecule has 0 fully saturated rings. The Kier molecular flexibility index (Phi) is 6.67. The largest absolute Gasteiger partial charge is 0.325 e. The van der Waals surface area contributed by atoms with Gasteiger partial charge >= 0.3 is 5.69 Å². The van der Waals surface area contributed by atoms with Crippen molar-refractivity contribution in [3.63, 3.8) is 0 Å². The first-order chi connectivity index (χ1) is 16.2. The van der Waals surface area contributed by atoms with Crippen LogP contribution in [0.2, 0.25) is 0 Å². The Morgan fingerprint density at radius 1 is 1.06 bits per heavy atom. The summed E-state index contributed by atoms with van der Waals surface area (Å²) in [6.45, 7) is 0. The quantitative estimate of drug-likeness (QED) is 0.561. The van der Waals surface area contributed by atoms with Crippen LogP contribution in [0.3, 0.4) is 0 Å². The van der Waals surface area contributed by atoms with E-state index in [1.54, 1.807) is 0 Å². The summed E-state index contributed by atoms with van der Waals surface area (Å²) in [6, 6.07) is 13.5. The summed E-state index contributed by atoms with van der Waals surface area (Å²) >= 11 is 0. The summed E-state index contributed by atoms with van der Waals surface area (Å²) < 4.78 is 40.4. The molecule has 34 heavy (non-hydrogen) atoms. The Morgan fingerprint density at radius 3 is 2.41 bits per heavy atom. The minimum absolute atomic E-state index is 0.0890. The number of nitrogens with zero attached hydrogens (tertiary/aromatic N) is 1. The molecule has 3 aromatic rings. The molecule has 0 aliphatic heterocycles. The Balaban J connectivity index is 1.62. The first kappa shape index (κ1) is 23.8. The predicted octanol–water partition coefficient (Wildman–Crippen LogP) is 3.39. The molecule has 2 aromatic carbocycles. The molecule has 2 N–H and O–H groups in total. The first-order valence-corrected chi connectivity index (χ1v) is 12.4. The second-order valence-corrected chi connectivity index (χ2v) is 10.7. The molecule has 1 aromatic heterocycles. The highest BCUT2D eigenvalue weighted by Gasteiger charge is 2.25. The van der Waals surface area contributed by atoms with Crippen molar-refractivity contribution in [3.8, 4) is 0 Å². The van der Waals surface area contributed by atoms with Crippen molar-refractivity contribution in [1.82, 2.24) is 14.3 Å². The van der Waals surface area contributed by atoms with Crippen molar-refractivity contribution in [2.75, 3.05) is 14.1 Å². The van der Waals surface area contributed by atoms with Gasteiger partial charge in [-0.15, -0.1) is 0 Å². The van der Waals surface area contributed by atoms with Gasteiger partial charge in [-0.25, -0.2) is 21.9 Å². The van der Waals surface area contributed by atoms with E-state index in [2.05, 4.69) is 9.97 Å². The van der Waals surface area contributed by atoms with Gasteiger partial charge in [0.1, 0.15) is 5.82 Å². The number of nitrogens with one attached hydrogen (secondary N) is 2. The average Bonchev–Trinajstić information content (AvgIpc) is 2.81. The number of halogens is 1. The standard InChI is InChI=1S/C25H26FN3O4S/c1-29(2)34(32,33)19-12-13-20(22(26)15-19)17-8-10-18(11-9-17)23-21(24(30)28-25(31)27-23)14-16-6-4-3-5-7-16/h3-8,12-13,15,18H,9-11,14H2,1-2H3,(H2,27,28,30,31). The van der Waals surface area contributed by atoms with Crippen molar-refractivity contribution in [2.45, 2.75) is 36.5 Å². The topological polar surface area (TPSA) is 103 Å². The molecule has 0 saturated carbocycles. The normalized spacial score (nSPS) is 16.5. The monoisotopic (exact) mass is 483 g/mol. The van der Waals surface area contributed by atoms with Crippen molar-refractivity contribution < 1.29 is 12.8 Å². The van der Waals surface area contributed by atoms with E-state index in [1.807, 2.05) is 36.4 Å². The van der Waals surface area contributed by atoms with Gasteiger partial charge in [0.05, 0.1) is 4.90 Å². The van der Waals surface area contributed by atoms with Crippen LogP contribution in [0.4, 0.5) is 4.39 Å². The first-order valence-electron chi connectivity index (χ1n) is 11.0. The fourth-order valence-corrected chi connectivity index (χ4v) is 5.24. The van der Waals surface area contributed by atoms with E-state index in [0.717, 1.165) is 21.5 Å². The van der Waals surface area contributed by atoms with Crippen LogP contribution in [0.5, 0.6) is 0 Å². The van der Waals surface area contributed by atoms with Crippen LogP contribution in [-0.4, -0.2) is 36.8 Å². The second kappa shape index (κ2) is 9.52. The Morgan fingerprint density at radius 2 is 1.79 bits per heavy atom. The zero-order valence-electron chi connectivity index (χ0n) is 19.0. The number of benzene rings is 2. The summed E-state index contributed by atoms with van der Waals surface area (Å²) in [7, 11) is -0.925. The number of allylic oxidation sites excluding steroid dienone is 2. The van der Waals surface area contributed by atoms with Gasteiger partial charge in [-0.05, 0) is 42.5 Å². The summed E-state index contributed by atoms with van der Waals surface area (Å²) in [5, 5.41) is 0. The van der Waals surface area contributed by atoms with Crippen molar-refractivity contribution in [1.29, 1.82) is 0 Å². The zero-order chi connectivity index (χ0) is 24.5. The number of hydrogen-bond donors (Lipinski definition) is 2. The van der Waals surface area contributed by atoms with Crippen LogP contribution in [0.1, 0.15) is 47.6 Å². The maximum atomic E-state index is 14.8. The number of aromatic nitrogens is 2. The van der Waals surface area contributed by atoms with Crippen molar-refractivity contribution in [2.24, 2.45) is 0 Å². The van der Waals surface area contributed by atoms with E-state index >= 15 is 0 Å². The second-order valence-electron chi connectivity index (χ2n) is 8.59. The molecule has 178 valence electrons. The van der Waals surface area contributed by atoms with E-state index in [1.165, 1.54) is 26.2 Å². The fourth-order valence-electron chi connectivity index (χ4n) is 4.32. The number of rotatable bonds is 6. The van der Waals surface area contributed by atoms with E-state index in [-0.39, 0.29) is 10.8 Å². The maximum absolute atomic E-state index is 14.8. The number of H-pyrrole nitrogens is 2. The molecular formula is C25H26FN3O4S. The lowest BCUT2D eigenvalue weighted by molar-refractivity contribution is 0.519. The molecule has 0 spiro atoms. The van der Waals surface area contributed by atoms with Gasteiger partial charge in [-0.2, -0.15) is 0 Å². The number of aromatic amines is 2. The van der Waals surface area contributed by atoms with E-state index in [4.69, 9.17) is 0 Å². The van der Waals surface area contributed by atoms with Crippen LogP contribution < -0.4 is 11.2 Å². The van der Waals surface area contributed by atoms with Gasteiger partial charge in [-0.3, -0.25) is 9.78 Å². The third-order valence-corrected chi connectivity index (χ3v) is 7.99. The van der Waals surface area contributed by atoms with E-state index in [9.17, 15) is 22.4 Å². The van der Waals surface area contributed by atoms with Gasteiger partial charge in [-0.1, -0.05) is 42.5 Å². The molecular weight excluding hydrogens is 457 g/mol. The lowest BCUT2D eigenvalue weighted by Crippen LogP contribution is -2.30. The van der Waals surface area contributed by atoms with E-state index < -0.39 is 27.1 Å². The Hall–Kier alpha value is -3.30. The molecule has 7 nitrogen and oxygen atoms in total. The van der Waals surface area contributed by atoms with Crippen LogP contribution in [0.25, 0.3) is 5.57 Å². The van der Waals surface area contributed by atoms with Gasteiger partial charge in [0.15, 0.2) is 0 Å². The van der Waals surface area contributed by atoms with E-state index in [0.29, 0.717) is 42.5 Å². The third-order valence-electron chi connectivity index (χ3n) is 6.18. The van der Waals surface area contributed by atoms with Crippen LogP contribution >= 0.6 is 0 Å². The molecule has 1 heterocycles. The summed E-state index contributed by atoms with van der Waals surface area (Å²) in [5.74, 6) is -0.684. The molecule has 0 amide bonds. The summed E-state index contributed by atoms with van der Waals surface area (Å²) in [6.07, 6.45) is 3.96. The SMILES string of the molecule is CN(C)S(=O)(=O)c1ccc(C2=CCC(c3[nH]c(=O)[nH]c(=O)c3Cc3ccccc3)CC2)c(F)c1. The fraction of sp³-hybridized carbons (Fsp3) is 0.280. The molecule has 0 bridgehead atoms. The average molecular weight is 484 g/mol. The van der Waals surface area contributed by atoms with Crippen LogP contribution in [0.15, 0.2) is 69.1 Å². The van der Waals surface area contributed by atoms with Crippen LogP contribution in [-0.2, 0) is 16.4 Å². The molecule has 9 heteroatoms. The third kappa shape index (κ3) is 4.80. The van der Waals surface area contributed by atoms with Gasteiger partial charge < -0.3 is 4.98 Å². The van der Waals surface area contributed by atoms with Crippen molar-refractivity contribution in [3.05, 3.63) is 104 Å². The molecule has 4 rings (SSSR count). The van der Waals surface area contributed by atoms with Crippen LogP contribution in [0, 0.1) is 5.82 Å². The Labute approximate surface area is 197 Å². The maximum Gasteiger partial charge on any atom is 0.325 e. The molecule has 0 saturated heterocycles. The molecule has 1 aliphatic carbocycles. The minimum Gasteiger partial charge on any atom is -0.311 e. The van der Waals surface area contributed by atoms with Gasteiger partial charge in [0.25, 0.3) is 5.56 Å². The Bertz CT molecular complexity index is 1460. The summed E-state index contributed by atoms with van der Waals surface area (Å²) in [4.78, 5) is 29.7. The lowest BCUT2D eigenvalue weighted by Gasteiger charge is -2.24. The highest BCUT2D eigenvalue weighted by atomic mass is 32.2. The highest BCUT2D eigenvalue weighted by molar-refractivity contribution is 7.89.